The van der Waals surface area contributed by atoms with E-state index in [1.54, 1.807) is 24.3 Å². The molecule has 2 aromatic rings. The average molecular weight is 405 g/mol. The number of anilines is 1. The lowest BCUT2D eigenvalue weighted by atomic mass is 10.1. The Morgan fingerprint density at radius 1 is 1.20 bits per heavy atom. The fourth-order valence-electron chi connectivity index (χ4n) is 2.03. The smallest absolute Gasteiger partial charge is 0.322 e. The van der Waals surface area contributed by atoms with E-state index < -0.39 is 17.9 Å². The monoisotopic (exact) mass is 403 g/mol. The van der Waals surface area contributed by atoms with Gasteiger partial charge in [-0.3, -0.25) is 14.6 Å². The maximum absolute atomic E-state index is 12.3. The number of amides is 1. The van der Waals surface area contributed by atoms with Crippen LogP contribution in [0.2, 0.25) is 10.0 Å². The molecule has 9 heteroatoms. The first kappa shape index (κ1) is 21.2. The lowest BCUT2D eigenvalue weighted by Crippen LogP contribution is -2.33. The highest BCUT2D eigenvalue weighted by molar-refractivity contribution is 6.40. The summed E-state index contributed by atoms with van der Waals surface area (Å²) in [7, 11) is 1.29. The van der Waals surface area contributed by atoms with Crippen LogP contribution < -0.4 is 11.1 Å². The topological polar surface area (TPSA) is 94.3 Å². The van der Waals surface area contributed by atoms with Crippen molar-refractivity contribution in [1.82, 2.24) is 4.98 Å². The van der Waals surface area contributed by atoms with Crippen LogP contribution in [0, 0.1) is 0 Å². The maximum atomic E-state index is 12.3. The predicted molar refractivity (Wildman–Crippen MR) is 99.6 cm³/mol. The van der Waals surface area contributed by atoms with E-state index in [-0.39, 0.29) is 28.0 Å². The zero-order valence-corrected chi connectivity index (χ0v) is 15.5. The van der Waals surface area contributed by atoms with Gasteiger partial charge in [0.05, 0.1) is 22.7 Å². The molecule has 0 unspecified atom stereocenters. The molecule has 0 spiro atoms. The summed E-state index contributed by atoms with van der Waals surface area (Å²) >= 11 is 11.9. The van der Waals surface area contributed by atoms with Crippen molar-refractivity contribution in [3.63, 3.8) is 0 Å². The second-order valence-electron chi connectivity index (χ2n) is 4.96. The molecule has 6 nitrogen and oxygen atoms in total. The van der Waals surface area contributed by atoms with Crippen molar-refractivity contribution in [2.45, 2.75) is 12.5 Å². The molecule has 3 N–H and O–H groups in total. The summed E-state index contributed by atoms with van der Waals surface area (Å²) in [5.41, 5.74) is 7.26. The van der Waals surface area contributed by atoms with E-state index in [9.17, 15) is 9.59 Å². The largest absolute Gasteiger partial charge is 0.468 e. The van der Waals surface area contributed by atoms with Crippen LogP contribution in [0.15, 0.2) is 36.7 Å². The van der Waals surface area contributed by atoms with Crippen LogP contribution in [0.4, 0.5) is 5.69 Å². The number of nitrogens with two attached hydrogens (primary N) is 1. The Morgan fingerprint density at radius 3 is 2.28 bits per heavy atom. The number of hydrogen-bond donors (Lipinski definition) is 2. The zero-order valence-electron chi connectivity index (χ0n) is 13.2. The number of carbonyl (C=O) groups excluding carboxylic acids is 2. The Balaban J connectivity index is 0.00000312. The molecule has 25 heavy (non-hydrogen) atoms. The van der Waals surface area contributed by atoms with Gasteiger partial charge in [0.1, 0.15) is 6.04 Å². The van der Waals surface area contributed by atoms with Gasteiger partial charge in [-0.2, -0.15) is 0 Å². The first-order valence-corrected chi connectivity index (χ1v) is 7.70. The molecular weight excluding hydrogens is 389 g/mol. The molecule has 0 aliphatic heterocycles. The van der Waals surface area contributed by atoms with Crippen LogP contribution in [0.3, 0.4) is 0 Å². The SMILES string of the molecule is COC(=O)[C@@H](N)Cc1ccc(NC(=O)c2c(Cl)cncc2Cl)cc1.Cl. The maximum Gasteiger partial charge on any atom is 0.322 e. The van der Waals surface area contributed by atoms with Gasteiger partial charge in [-0.15, -0.1) is 12.4 Å². The van der Waals surface area contributed by atoms with Crippen LogP contribution in [0.25, 0.3) is 0 Å². The summed E-state index contributed by atoms with van der Waals surface area (Å²) in [5, 5.41) is 3.03. The quantitative estimate of drug-likeness (QED) is 0.747. The summed E-state index contributed by atoms with van der Waals surface area (Å²) in [6.07, 6.45) is 3.03. The van der Waals surface area contributed by atoms with Crippen molar-refractivity contribution < 1.29 is 14.3 Å². The van der Waals surface area contributed by atoms with Crippen molar-refractivity contribution in [3.8, 4) is 0 Å². The number of pyridine rings is 1. The van der Waals surface area contributed by atoms with Crippen LogP contribution in [0.1, 0.15) is 15.9 Å². The summed E-state index contributed by atoms with van der Waals surface area (Å²) in [6, 6.07) is 6.17. The van der Waals surface area contributed by atoms with Crippen LogP contribution in [-0.2, 0) is 16.0 Å². The van der Waals surface area contributed by atoms with E-state index in [1.807, 2.05) is 0 Å². The van der Waals surface area contributed by atoms with E-state index in [0.717, 1.165) is 5.56 Å². The molecule has 1 aromatic carbocycles. The Labute approximate surface area is 161 Å². The van der Waals surface area contributed by atoms with E-state index in [4.69, 9.17) is 28.9 Å². The van der Waals surface area contributed by atoms with Gasteiger partial charge in [0.25, 0.3) is 5.91 Å². The average Bonchev–Trinajstić information content (AvgIpc) is 2.55. The summed E-state index contributed by atoms with van der Waals surface area (Å²) < 4.78 is 4.58. The Kier molecular flexibility index (Phi) is 8.12. The van der Waals surface area contributed by atoms with Gasteiger partial charge >= 0.3 is 5.97 Å². The number of benzene rings is 1. The lowest BCUT2D eigenvalue weighted by molar-refractivity contribution is -0.142. The highest BCUT2D eigenvalue weighted by Gasteiger charge is 2.16. The van der Waals surface area contributed by atoms with E-state index in [1.165, 1.54) is 19.5 Å². The Bertz CT molecular complexity index is 734. The van der Waals surface area contributed by atoms with Crippen molar-refractivity contribution in [2.24, 2.45) is 5.73 Å². The van der Waals surface area contributed by atoms with Crippen molar-refractivity contribution in [3.05, 3.63) is 57.8 Å². The molecule has 0 saturated heterocycles. The molecule has 1 atom stereocenters. The van der Waals surface area contributed by atoms with E-state index in [2.05, 4.69) is 15.0 Å². The highest BCUT2D eigenvalue weighted by Crippen LogP contribution is 2.24. The van der Waals surface area contributed by atoms with Crippen LogP contribution >= 0.6 is 35.6 Å². The molecule has 0 radical (unpaired) electrons. The predicted octanol–water partition coefficient (Wildman–Crippen LogP) is 3.11. The third-order valence-electron chi connectivity index (χ3n) is 3.25. The van der Waals surface area contributed by atoms with Gasteiger partial charge < -0.3 is 15.8 Å². The van der Waals surface area contributed by atoms with E-state index in [0.29, 0.717) is 12.1 Å². The number of methoxy groups -OCH3 is 1. The fourth-order valence-corrected chi connectivity index (χ4v) is 2.57. The van der Waals surface area contributed by atoms with Gasteiger partial charge in [0.15, 0.2) is 0 Å². The van der Waals surface area contributed by atoms with Gasteiger partial charge in [-0.25, -0.2) is 0 Å². The minimum Gasteiger partial charge on any atom is -0.468 e. The molecule has 1 aromatic heterocycles. The first-order chi connectivity index (χ1) is 11.4. The minimum atomic E-state index is -0.732. The third-order valence-corrected chi connectivity index (χ3v) is 3.82. The van der Waals surface area contributed by atoms with Crippen molar-refractivity contribution in [1.29, 1.82) is 0 Å². The molecule has 2 rings (SSSR count). The molecule has 0 saturated carbocycles. The standard InChI is InChI=1S/C16H15Cl2N3O3.ClH/c1-24-16(23)13(19)6-9-2-4-10(5-3-9)21-15(22)14-11(17)7-20-8-12(14)18;/h2-5,7-8,13H,6,19H2,1H3,(H,21,22);1H/t13-;/m0./s1. The van der Waals surface area contributed by atoms with Gasteiger partial charge in [0, 0.05) is 18.1 Å². The zero-order chi connectivity index (χ0) is 17.7. The number of ether oxygens (including phenoxy) is 1. The number of rotatable bonds is 5. The number of aromatic nitrogens is 1. The number of hydrogen-bond acceptors (Lipinski definition) is 5. The molecule has 0 fully saturated rings. The van der Waals surface area contributed by atoms with Crippen molar-refractivity contribution in [2.75, 3.05) is 12.4 Å². The molecule has 0 aliphatic rings. The number of carbonyl (C=O) groups is 2. The molecule has 134 valence electrons. The van der Waals surface area contributed by atoms with Gasteiger partial charge in [-0.05, 0) is 24.1 Å². The summed E-state index contributed by atoms with van der Waals surface area (Å²) in [6.45, 7) is 0. The van der Waals surface area contributed by atoms with E-state index >= 15 is 0 Å². The second-order valence-corrected chi connectivity index (χ2v) is 5.78. The van der Waals surface area contributed by atoms with Crippen LogP contribution in [0.5, 0.6) is 0 Å². The molecular formula is C16H16Cl3N3O3. The normalized spacial score (nSPS) is 11.2. The molecule has 1 heterocycles. The molecule has 0 bridgehead atoms. The molecule has 1 amide bonds. The summed E-state index contributed by atoms with van der Waals surface area (Å²) in [4.78, 5) is 27.4. The first-order valence-electron chi connectivity index (χ1n) is 6.95. The highest BCUT2D eigenvalue weighted by atomic mass is 35.5. The van der Waals surface area contributed by atoms with Gasteiger partial charge in [0.2, 0.25) is 0 Å². The second kappa shape index (κ2) is 9.58. The lowest BCUT2D eigenvalue weighted by Gasteiger charge is -2.11. The number of nitrogens with zero attached hydrogens (tertiary/aromatic N) is 1. The fraction of sp³-hybridized carbons (Fsp3) is 0.188. The summed E-state index contributed by atoms with van der Waals surface area (Å²) in [5.74, 6) is -0.916. The Hall–Kier alpha value is -1.86. The van der Waals surface area contributed by atoms with Crippen molar-refractivity contribution >= 4 is 53.2 Å². The third kappa shape index (κ3) is 5.57. The molecule has 0 aliphatic carbocycles. The number of esters is 1. The number of nitrogens with one attached hydrogen (secondary N) is 1. The number of halogens is 3. The Morgan fingerprint density at radius 2 is 1.76 bits per heavy atom. The van der Waals surface area contributed by atoms with Gasteiger partial charge in [-0.1, -0.05) is 35.3 Å². The minimum absolute atomic E-state index is 0. The van der Waals surface area contributed by atoms with Crippen LogP contribution in [-0.4, -0.2) is 30.0 Å².